The second kappa shape index (κ2) is 6.13. The number of allylic oxidation sites excluding steroid dienone is 1. The largest absolute Gasteiger partial charge is 0.466 e. The Morgan fingerprint density at radius 3 is 3.16 bits per heavy atom. The summed E-state index contributed by atoms with van der Waals surface area (Å²) in [6.45, 7) is 2.18. The first-order valence-electron chi connectivity index (χ1n) is 6.25. The number of ether oxygens (including phenoxy) is 2. The third-order valence-corrected chi connectivity index (χ3v) is 2.68. The molecule has 0 amide bonds. The smallest absolute Gasteiger partial charge is 0.345 e. The number of unbranched alkanes of at least 4 members (excludes halogenated alkanes) is 1. The number of rotatable bonds is 5. The summed E-state index contributed by atoms with van der Waals surface area (Å²) in [6.07, 6.45) is 5.06. The summed E-state index contributed by atoms with van der Waals surface area (Å²) in [4.78, 5) is 26.8. The van der Waals surface area contributed by atoms with Crippen LogP contribution in [0.1, 0.15) is 42.2 Å². The third kappa shape index (κ3) is 3.19. The fraction of sp³-hybridized carbons (Fsp3) is 0.357. The van der Waals surface area contributed by atoms with Gasteiger partial charge in [-0.25, -0.2) is 4.79 Å². The first-order chi connectivity index (χ1) is 9.22. The van der Waals surface area contributed by atoms with Gasteiger partial charge in [0.15, 0.2) is 5.76 Å². The van der Waals surface area contributed by atoms with Gasteiger partial charge in [0, 0.05) is 12.6 Å². The van der Waals surface area contributed by atoms with E-state index in [2.05, 4.69) is 4.98 Å². The molecule has 0 saturated heterocycles. The number of carbonyl (C=O) groups is 2. The van der Waals surface area contributed by atoms with Crippen LogP contribution in [0.5, 0.6) is 0 Å². The quantitative estimate of drug-likeness (QED) is 0.601. The molecule has 19 heavy (non-hydrogen) atoms. The van der Waals surface area contributed by atoms with Crippen LogP contribution >= 0.6 is 0 Å². The maximum Gasteiger partial charge on any atom is 0.345 e. The van der Waals surface area contributed by atoms with E-state index in [0.717, 1.165) is 0 Å². The van der Waals surface area contributed by atoms with E-state index in [1.54, 1.807) is 31.3 Å². The molecule has 2 rings (SSSR count). The molecule has 5 heteroatoms. The van der Waals surface area contributed by atoms with Gasteiger partial charge in [-0.15, -0.1) is 0 Å². The lowest BCUT2D eigenvalue weighted by Crippen LogP contribution is -2.02. The Labute approximate surface area is 111 Å². The lowest BCUT2D eigenvalue weighted by Gasteiger charge is -2.00. The van der Waals surface area contributed by atoms with E-state index < -0.39 is 0 Å². The van der Waals surface area contributed by atoms with E-state index in [4.69, 9.17) is 9.47 Å². The molecule has 0 aliphatic carbocycles. The number of hydrogen-bond acceptors (Lipinski definition) is 5. The molecule has 0 unspecified atom stereocenters. The minimum atomic E-state index is -0.375. The first kappa shape index (κ1) is 13.3. The Hall–Kier alpha value is -2.17. The summed E-state index contributed by atoms with van der Waals surface area (Å²) in [5, 5.41) is 0. The summed E-state index contributed by atoms with van der Waals surface area (Å²) in [5.41, 5.74) is 1.06. The van der Waals surface area contributed by atoms with Gasteiger partial charge >= 0.3 is 11.9 Å². The number of esters is 2. The molecule has 0 aromatic carbocycles. The van der Waals surface area contributed by atoms with Gasteiger partial charge in [0.1, 0.15) is 5.69 Å². The van der Waals surface area contributed by atoms with Gasteiger partial charge in [-0.3, -0.25) is 9.78 Å². The molecule has 0 saturated carbocycles. The van der Waals surface area contributed by atoms with Crippen LogP contribution in [-0.2, 0) is 14.3 Å². The third-order valence-electron chi connectivity index (χ3n) is 2.68. The molecule has 1 aromatic heterocycles. The van der Waals surface area contributed by atoms with Crippen molar-refractivity contribution in [2.75, 3.05) is 6.61 Å². The van der Waals surface area contributed by atoms with Crippen molar-refractivity contribution < 1.29 is 19.1 Å². The van der Waals surface area contributed by atoms with Crippen molar-refractivity contribution >= 4 is 17.7 Å². The van der Waals surface area contributed by atoms with Crippen LogP contribution in [0.25, 0.3) is 5.76 Å². The molecule has 1 aliphatic heterocycles. The van der Waals surface area contributed by atoms with Gasteiger partial charge < -0.3 is 9.47 Å². The predicted molar refractivity (Wildman–Crippen MR) is 68.1 cm³/mol. The summed E-state index contributed by atoms with van der Waals surface area (Å²) in [7, 11) is 0. The van der Waals surface area contributed by atoms with Crippen LogP contribution < -0.4 is 0 Å². The minimum Gasteiger partial charge on any atom is -0.466 e. The Bertz CT molecular complexity index is 522. The topological polar surface area (TPSA) is 65.5 Å². The number of fused-ring (bicyclic) bond motifs is 1. The van der Waals surface area contributed by atoms with Crippen LogP contribution in [0.2, 0.25) is 0 Å². The molecule has 0 atom stereocenters. The molecule has 1 aromatic rings. The van der Waals surface area contributed by atoms with Crippen LogP contribution in [0.3, 0.4) is 0 Å². The van der Waals surface area contributed by atoms with Crippen molar-refractivity contribution in [1.82, 2.24) is 4.98 Å². The van der Waals surface area contributed by atoms with Gasteiger partial charge in [0.2, 0.25) is 0 Å². The maximum atomic E-state index is 11.5. The van der Waals surface area contributed by atoms with E-state index in [0.29, 0.717) is 42.9 Å². The molecule has 2 heterocycles. The number of carbonyl (C=O) groups excluding carboxylic acids is 2. The van der Waals surface area contributed by atoms with E-state index >= 15 is 0 Å². The number of nitrogens with zero attached hydrogens (tertiary/aromatic N) is 1. The van der Waals surface area contributed by atoms with Gasteiger partial charge in [0.25, 0.3) is 0 Å². The lowest BCUT2D eigenvalue weighted by atomic mass is 10.1. The molecular weight excluding hydrogens is 246 g/mol. The summed E-state index contributed by atoms with van der Waals surface area (Å²) in [6, 6.07) is 3.38. The SMILES string of the molecule is CCOC(=O)CCCC=C1OC(=O)c2cccnc21. The van der Waals surface area contributed by atoms with Gasteiger partial charge in [-0.05, 0) is 38.0 Å². The standard InChI is InChI=1S/C14H15NO4/c1-2-18-12(16)8-4-3-7-11-13-10(14(17)19-11)6-5-9-15-13/h5-7,9H,2-4,8H2,1H3. The highest BCUT2D eigenvalue weighted by Gasteiger charge is 2.26. The summed E-state index contributed by atoms with van der Waals surface area (Å²) < 4.78 is 9.96. The predicted octanol–water partition coefficient (Wildman–Crippen LogP) is 2.33. The highest BCUT2D eigenvalue weighted by Crippen LogP contribution is 2.27. The Morgan fingerprint density at radius 2 is 2.37 bits per heavy atom. The Kier molecular flexibility index (Phi) is 4.28. The lowest BCUT2D eigenvalue weighted by molar-refractivity contribution is -0.143. The molecule has 0 N–H and O–H groups in total. The van der Waals surface area contributed by atoms with E-state index in [1.165, 1.54) is 0 Å². The molecule has 1 aliphatic rings. The Morgan fingerprint density at radius 1 is 1.53 bits per heavy atom. The molecule has 0 radical (unpaired) electrons. The average molecular weight is 261 g/mol. The van der Waals surface area contributed by atoms with Crippen molar-refractivity contribution in [1.29, 1.82) is 0 Å². The molecule has 0 fully saturated rings. The van der Waals surface area contributed by atoms with E-state index in [1.807, 2.05) is 0 Å². The second-order valence-electron chi connectivity index (χ2n) is 4.05. The maximum absolute atomic E-state index is 11.5. The number of cyclic esters (lactones) is 1. The first-order valence-corrected chi connectivity index (χ1v) is 6.25. The minimum absolute atomic E-state index is 0.206. The normalized spacial score (nSPS) is 15.2. The summed E-state index contributed by atoms with van der Waals surface area (Å²) >= 11 is 0. The fourth-order valence-corrected chi connectivity index (χ4v) is 1.82. The van der Waals surface area contributed by atoms with Crippen molar-refractivity contribution in [2.24, 2.45) is 0 Å². The van der Waals surface area contributed by atoms with Crippen molar-refractivity contribution in [3.63, 3.8) is 0 Å². The zero-order chi connectivity index (χ0) is 13.7. The van der Waals surface area contributed by atoms with Gasteiger partial charge in [0.05, 0.1) is 12.2 Å². The van der Waals surface area contributed by atoms with Crippen molar-refractivity contribution in [2.45, 2.75) is 26.2 Å². The van der Waals surface area contributed by atoms with E-state index in [-0.39, 0.29) is 11.9 Å². The van der Waals surface area contributed by atoms with Crippen LogP contribution in [0.4, 0.5) is 0 Å². The molecule has 5 nitrogen and oxygen atoms in total. The highest BCUT2D eigenvalue weighted by atomic mass is 16.5. The molecule has 100 valence electrons. The van der Waals surface area contributed by atoms with Crippen LogP contribution in [-0.4, -0.2) is 23.5 Å². The number of hydrogen-bond donors (Lipinski definition) is 0. The zero-order valence-corrected chi connectivity index (χ0v) is 10.7. The fourth-order valence-electron chi connectivity index (χ4n) is 1.82. The van der Waals surface area contributed by atoms with E-state index in [9.17, 15) is 9.59 Å². The summed E-state index contributed by atoms with van der Waals surface area (Å²) in [5.74, 6) is -0.105. The molecule has 0 spiro atoms. The second-order valence-corrected chi connectivity index (χ2v) is 4.05. The Balaban J connectivity index is 1.92. The van der Waals surface area contributed by atoms with Crippen LogP contribution in [0, 0.1) is 0 Å². The van der Waals surface area contributed by atoms with Gasteiger partial charge in [-0.2, -0.15) is 0 Å². The zero-order valence-electron chi connectivity index (χ0n) is 10.7. The number of pyridine rings is 1. The van der Waals surface area contributed by atoms with Crippen LogP contribution in [0.15, 0.2) is 24.4 Å². The van der Waals surface area contributed by atoms with Crippen molar-refractivity contribution in [3.8, 4) is 0 Å². The highest BCUT2D eigenvalue weighted by molar-refractivity contribution is 6.01. The molecular formula is C14H15NO4. The van der Waals surface area contributed by atoms with Gasteiger partial charge in [-0.1, -0.05) is 0 Å². The average Bonchev–Trinajstić information content (AvgIpc) is 2.73. The monoisotopic (exact) mass is 261 g/mol. The number of aromatic nitrogens is 1. The van der Waals surface area contributed by atoms with Crippen molar-refractivity contribution in [3.05, 3.63) is 35.7 Å². The molecule has 0 bridgehead atoms.